The highest BCUT2D eigenvalue weighted by atomic mass is 16.5. The highest BCUT2D eigenvalue weighted by Crippen LogP contribution is 2.01. The van der Waals surface area contributed by atoms with Crippen LogP contribution in [0.25, 0.3) is 0 Å². The van der Waals surface area contributed by atoms with Gasteiger partial charge in [0.25, 0.3) is 0 Å². The molecular weight excluding hydrogens is 170 g/mol. The van der Waals surface area contributed by atoms with Crippen molar-refractivity contribution in [3.8, 4) is 0 Å². The van der Waals surface area contributed by atoms with Crippen LogP contribution in [-0.2, 0) is 14.3 Å². The second kappa shape index (κ2) is 7.25. The summed E-state index contributed by atoms with van der Waals surface area (Å²) in [5.41, 5.74) is 0. The van der Waals surface area contributed by atoms with Gasteiger partial charge in [-0.15, -0.1) is 0 Å². The lowest BCUT2D eigenvalue weighted by Crippen LogP contribution is -2.07. The molecule has 0 N–H and O–H groups in total. The number of ether oxygens (including phenoxy) is 1. The van der Waals surface area contributed by atoms with E-state index in [1.54, 1.807) is 0 Å². The number of carbonyl (C=O) groups is 1. The van der Waals surface area contributed by atoms with Crippen molar-refractivity contribution in [2.45, 2.75) is 13.3 Å². The normalized spacial score (nSPS) is 11.2. The van der Waals surface area contributed by atoms with Crippen molar-refractivity contribution in [3.05, 3.63) is 12.7 Å². The summed E-state index contributed by atoms with van der Waals surface area (Å²) >= 11 is 0. The molecule has 0 aromatic heterocycles. The minimum atomic E-state index is -0.425. The first kappa shape index (κ1) is 11.6. The molecule has 0 aliphatic carbocycles. The zero-order valence-electron chi connectivity index (χ0n) is 7.66. The largest absolute Gasteiger partial charge is 0.463 e. The van der Waals surface area contributed by atoms with E-state index in [4.69, 9.17) is 4.74 Å². The van der Waals surface area contributed by atoms with Crippen LogP contribution in [0.2, 0.25) is 0 Å². The molecule has 0 aliphatic heterocycles. The Bertz CT molecular complexity index is 219. The van der Waals surface area contributed by atoms with Gasteiger partial charge in [-0.2, -0.15) is 0 Å². The number of nitrogens with zero attached hydrogens (tertiary/aromatic N) is 1. The molecule has 1 atom stereocenters. The van der Waals surface area contributed by atoms with Crippen LogP contribution in [0.15, 0.2) is 17.6 Å². The summed E-state index contributed by atoms with van der Waals surface area (Å²) in [6.07, 6.45) is 3.26. The molecular formula is C9H13NO3. The van der Waals surface area contributed by atoms with Crippen LogP contribution in [-0.4, -0.2) is 25.2 Å². The maximum atomic E-state index is 10.6. The highest BCUT2D eigenvalue weighted by molar-refractivity contribution is 5.81. The molecule has 0 aliphatic rings. The van der Waals surface area contributed by atoms with Gasteiger partial charge in [0.2, 0.25) is 6.08 Å². The van der Waals surface area contributed by atoms with Crippen molar-refractivity contribution in [3.63, 3.8) is 0 Å². The highest BCUT2D eigenvalue weighted by Gasteiger charge is 2.02. The number of hydrogen-bond acceptors (Lipinski definition) is 4. The van der Waals surface area contributed by atoms with Gasteiger partial charge in [-0.3, -0.25) is 0 Å². The van der Waals surface area contributed by atoms with Crippen LogP contribution < -0.4 is 0 Å². The van der Waals surface area contributed by atoms with Crippen molar-refractivity contribution in [2.75, 3.05) is 13.2 Å². The van der Waals surface area contributed by atoms with Gasteiger partial charge in [0.1, 0.15) is 0 Å². The van der Waals surface area contributed by atoms with Gasteiger partial charge < -0.3 is 4.74 Å². The summed E-state index contributed by atoms with van der Waals surface area (Å²) in [6, 6.07) is 0. The maximum Gasteiger partial charge on any atom is 0.330 e. The molecule has 0 saturated heterocycles. The minimum Gasteiger partial charge on any atom is -0.463 e. The number of esters is 1. The first-order chi connectivity index (χ1) is 6.20. The molecule has 0 rings (SSSR count). The Hall–Kier alpha value is -1.41. The van der Waals surface area contributed by atoms with Crippen LogP contribution in [0.3, 0.4) is 0 Å². The van der Waals surface area contributed by atoms with E-state index in [9.17, 15) is 9.59 Å². The zero-order valence-corrected chi connectivity index (χ0v) is 7.66. The summed E-state index contributed by atoms with van der Waals surface area (Å²) in [5.74, 6) is -0.204. The van der Waals surface area contributed by atoms with Crippen molar-refractivity contribution < 1.29 is 14.3 Å². The average Bonchev–Trinajstić information content (AvgIpc) is 2.14. The fourth-order valence-corrected chi connectivity index (χ4v) is 0.704. The van der Waals surface area contributed by atoms with E-state index < -0.39 is 5.97 Å². The van der Waals surface area contributed by atoms with Gasteiger partial charge in [-0.05, 0) is 12.3 Å². The van der Waals surface area contributed by atoms with Crippen LogP contribution in [0, 0.1) is 5.92 Å². The summed E-state index contributed by atoms with van der Waals surface area (Å²) in [7, 11) is 0. The SMILES string of the molecule is C=CC(=O)OCCC(C)CN=C=O. The third-order valence-corrected chi connectivity index (χ3v) is 1.49. The van der Waals surface area contributed by atoms with Gasteiger partial charge in [0.15, 0.2) is 0 Å². The Morgan fingerprint density at radius 1 is 1.77 bits per heavy atom. The average molecular weight is 183 g/mol. The lowest BCUT2D eigenvalue weighted by atomic mass is 10.1. The summed E-state index contributed by atoms with van der Waals surface area (Å²) in [4.78, 5) is 23.8. The van der Waals surface area contributed by atoms with Gasteiger partial charge in [0, 0.05) is 6.08 Å². The minimum absolute atomic E-state index is 0.221. The molecule has 0 amide bonds. The second-order valence-electron chi connectivity index (χ2n) is 2.70. The number of rotatable bonds is 6. The Kier molecular flexibility index (Phi) is 6.46. The van der Waals surface area contributed by atoms with Crippen molar-refractivity contribution in [1.29, 1.82) is 0 Å². The predicted octanol–water partition coefficient (Wildman–Crippen LogP) is 1.08. The third kappa shape index (κ3) is 6.97. The molecule has 72 valence electrons. The lowest BCUT2D eigenvalue weighted by molar-refractivity contribution is -0.138. The molecule has 0 aromatic carbocycles. The van der Waals surface area contributed by atoms with Crippen molar-refractivity contribution in [1.82, 2.24) is 0 Å². The Balaban J connectivity index is 3.46. The molecule has 0 fully saturated rings. The van der Waals surface area contributed by atoms with Crippen LogP contribution in [0.4, 0.5) is 0 Å². The van der Waals surface area contributed by atoms with E-state index in [1.165, 1.54) is 6.08 Å². The Morgan fingerprint density at radius 2 is 2.46 bits per heavy atom. The summed E-state index contributed by atoms with van der Waals surface area (Å²) in [5, 5.41) is 0. The number of aliphatic imine (C=N–C) groups is 1. The predicted molar refractivity (Wildman–Crippen MR) is 47.9 cm³/mol. The fourth-order valence-electron chi connectivity index (χ4n) is 0.704. The topological polar surface area (TPSA) is 55.7 Å². The standard InChI is InChI=1S/C9H13NO3/c1-3-9(12)13-5-4-8(2)6-10-7-11/h3,8H,1,4-6H2,2H3. The van der Waals surface area contributed by atoms with E-state index in [0.717, 1.165) is 6.08 Å². The summed E-state index contributed by atoms with van der Waals surface area (Å²) in [6.45, 7) is 5.94. The lowest BCUT2D eigenvalue weighted by Gasteiger charge is -2.06. The first-order valence-corrected chi connectivity index (χ1v) is 4.03. The number of isocyanates is 1. The van der Waals surface area contributed by atoms with E-state index in [0.29, 0.717) is 19.6 Å². The zero-order chi connectivity index (χ0) is 10.1. The Morgan fingerprint density at radius 3 is 3.00 bits per heavy atom. The van der Waals surface area contributed by atoms with Gasteiger partial charge >= 0.3 is 5.97 Å². The molecule has 4 nitrogen and oxygen atoms in total. The monoisotopic (exact) mass is 183 g/mol. The molecule has 4 heteroatoms. The van der Waals surface area contributed by atoms with Crippen LogP contribution in [0.1, 0.15) is 13.3 Å². The van der Waals surface area contributed by atoms with E-state index in [1.807, 2.05) is 6.92 Å². The molecule has 0 spiro atoms. The van der Waals surface area contributed by atoms with Gasteiger partial charge in [-0.25, -0.2) is 14.6 Å². The molecule has 0 heterocycles. The second-order valence-corrected chi connectivity index (χ2v) is 2.70. The van der Waals surface area contributed by atoms with E-state index in [2.05, 4.69) is 11.6 Å². The Labute approximate surface area is 77.3 Å². The molecule has 0 radical (unpaired) electrons. The molecule has 1 unspecified atom stereocenters. The van der Waals surface area contributed by atoms with E-state index >= 15 is 0 Å². The smallest absolute Gasteiger partial charge is 0.330 e. The third-order valence-electron chi connectivity index (χ3n) is 1.49. The van der Waals surface area contributed by atoms with Crippen molar-refractivity contribution in [2.24, 2.45) is 10.9 Å². The number of carbonyl (C=O) groups excluding carboxylic acids is 2. The fraction of sp³-hybridized carbons (Fsp3) is 0.556. The maximum absolute atomic E-state index is 10.6. The van der Waals surface area contributed by atoms with Gasteiger partial charge in [-0.1, -0.05) is 13.5 Å². The molecule has 0 aromatic rings. The summed E-state index contributed by atoms with van der Waals surface area (Å²) < 4.78 is 4.74. The van der Waals surface area contributed by atoms with Crippen LogP contribution in [0.5, 0.6) is 0 Å². The van der Waals surface area contributed by atoms with Crippen LogP contribution >= 0.6 is 0 Å². The molecule has 0 bridgehead atoms. The van der Waals surface area contributed by atoms with Gasteiger partial charge in [0.05, 0.1) is 13.2 Å². The van der Waals surface area contributed by atoms with Crippen molar-refractivity contribution >= 4 is 12.0 Å². The quantitative estimate of drug-likeness (QED) is 0.268. The van der Waals surface area contributed by atoms with E-state index in [-0.39, 0.29) is 5.92 Å². The molecule has 0 saturated carbocycles. The first-order valence-electron chi connectivity index (χ1n) is 4.03. The molecule has 13 heavy (non-hydrogen) atoms. The number of hydrogen-bond donors (Lipinski definition) is 0.